The maximum Gasteiger partial charge on any atom is 0.340 e. The molecule has 0 heterocycles. The number of rotatable bonds is 9. The summed E-state index contributed by atoms with van der Waals surface area (Å²) in [5.74, 6) is -5.84. The van der Waals surface area contributed by atoms with Gasteiger partial charge in [-0.2, -0.15) is 8.78 Å². The van der Waals surface area contributed by atoms with E-state index in [1.807, 2.05) is 13.8 Å². The lowest BCUT2D eigenvalue weighted by molar-refractivity contribution is -0.180. The topological polar surface area (TPSA) is 52.6 Å². The molecule has 0 amide bonds. The third-order valence-electron chi connectivity index (χ3n) is 2.24. The fraction of sp³-hybridized carbons (Fsp3) is 0.833. The fourth-order valence-corrected chi connectivity index (χ4v) is 0.997. The lowest BCUT2D eigenvalue weighted by atomic mass is 10.1. The lowest BCUT2D eigenvalue weighted by Gasteiger charge is -2.14. The van der Waals surface area contributed by atoms with E-state index in [0.717, 1.165) is 0 Å². The molecule has 0 rings (SSSR count). The summed E-state index contributed by atoms with van der Waals surface area (Å²) in [4.78, 5) is 22.1. The summed E-state index contributed by atoms with van der Waals surface area (Å²) < 4.78 is 57.1. The molecule has 0 saturated heterocycles. The molecular formula is C12H18F4O4. The highest BCUT2D eigenvalue weighted by Gasteiger charge is 2.42. The van der Waals surface area contributed by atoms with Crippen molar-refractivity contribution >= 4 is 11.9 Å². The standard InChI is InChI=1S/C12H18F4O4/c1-8(2)5-6-19-9(17)3-4-10(18)20-7-12(15,16)11(13)14/h8,11H,3-7H2,1-2H3. The molecule has 0 fully saturated rings. The highest BCUT2D eigenvalue weighted by atomic mass is 19.3. The van der Waals surface area contributed by atoms with Gasteiger partial charge >= 0.3 is 24.3 Å². The van der Waals surface area contributed by atoms with Gasteiger partial charge in [-0.15, -0.1) is 0 Å². The highest BCUT2D eigenvalue weighted by molar-refractivity contribution is 5.77. The van der Waals surface area contributed by atoms with E-state index in [4.69, 9.17) is 4.74 Å². The Morgan fingerprint density at radius 3 is 2.00 bits per heavy atom. The van der Waals surface area contributed by atoms with Gasteiger partial charge in [0.2, 0.25) is 0 Å². The quantitative estimate of drug-likeness (QED) is 0.485. The van der Waals surface area contributed by atoms with Gasteiger partial charge in [-0.25, -0.2) is 8.78 Å². The predicted octanol–water partition coefficient (Wildman–Crippen LogP) is 2.80. The van der Waals surface area contributed by atoms with Gasteiger partial charge in [0.25, 0.3) is 0 Å². The number of carbonyl (C=O) groups is 2. The van der Waals surface area contributed by atoms with Gasteiger partial charge in [0.1, 0.15) is 0 Å². The number of hydrogen-bond donors (Lipinski definition) is 0. The van der Waals surface area contributed by atoms with E-state index in [1.54, 1.807) is 0 Å². The Balaban J connectivity index is 3.80. The second-order valence-corrected chi connectivity index (χ2v) is 4.63. The molecule has 0 aromatic carbocycles. The van der Waals surface area contributed by atoms with Crippen LogP contribution in [0.15, 0.2) is 0 Å². The molecule has 4 nitrogen and oxygen atoms in total. The molecule has 20 heavy (non-hydrogen) atoms. The number of hydrogen-bond acceptors (Lipinski definition) is 4. The van der Waals surface area contributed by atoms with Gasteiger partial charge in [-0.1, -0.05) is 13.8 Å². The number of carbonyl (C=O) groups excluding carboxylic acids is 2. The van der Waals surface area contributed by atoms with Crippen LogP contribution in [0, 0.1) is 5.92 Å². The van der Waals surface area contributed by atoms with Crippen molar-refractivity contribution in [2.45, 2.75) is 45.5 Å². The van der Waals surface area contributed by atoms with E-state index in [1.165, 1.54) is 0 Å². The van der Waals surface area contributed by atoms with Crippen LogP contribution in [0.2, 0.25) is 0 Å². The fourth-order valence-electron chi connectivity index (χ4n) is 0.997. The van der Waals surface area contributed by atoms with E-state index in [2.05, 4.69) is 4.74 Å². The van der Waals surface area contributed by atoms with Crippen molar-refractivity contribution in [1.82, 2.24) is 0 Å². The molecule has 0 aromatic heterocycles. The molecule has 0 radical (unpaired) electrons. The summed E-state index contributed by atoms with van der Waals surface area (Å²) >= 11 is 0. The van der Waals surface area contributed by atoms with Gasteiger partial charge in [0, 0.05) is 0 Å². The highest BCUT2D eigenvalue weighted by Crippen LogP contribution is 2.23. The number of alkyl halides is 4. The summed E-state index contributed by atoms with van der Waals surface area (Å²) in [6, 6.07) is 0. The Morgan fingerprint density at radius 2 is 1.55 bits per heavy atom. The van der Waals surface area contributed by atoms with Crippen LogP contribution in [0.5, 0.6) is 0 Å². The maximum absolute atomic E-state index is 12.4. The van der Waals surface area contributed by atoms with Crippen molar-refractivity contribution in [3.8, 4) is 0 Å². The zero-order chi connectivity index (χ0) is 15.8. The second-order valence-electron chi connectivity index (χ2n) is 4.63. The van der Waals surface area contributed by atoms with Crippen LogP contribution in [0.25, 0.3) is 0 Å². The summed E-state index contributed by atoms with van der Waals surface area (Å²) in [7, 11) is 0. The Kier molecular flexibility index (Phi) is 8.17. The average Bonchev–Trinajstić information content (AvgIpc) is 2.33. The Morgan fingerprint density at radius 1 is 1.05 bits per heavy atom. The van der Waals surface area contributed by atoms with Crippen LogP contribution in [0.1, 0.15) is 33.1 Å². The maximum atomic E-state index is 12.4. The van der Waals surface area contributed by atoms with Crippen molar-refractivity contribution < 1.29 is 36.6 Å². The lowest BCUT2D eigenvalue weighted by Crippen LogP contribution is -2.33. The third-order valence-corrected chi connectivity index (χ3v) is 2.24. The van der Waals surface area contributed by atoms with Crippen molar-refractivity contribution in [1.29, 1.82) is 0 Å². The molecule has 0 atom stereocenters. The minimum atomic E-state index is -4.38. The molecule has 0 bridgehead atoms. The first-order valence-corrected chi connectivity index (χ1v) is 6.12. The average molecular weight is 302 g/mol. The van der Waals surface area contributed by atoms with Crippen molar-refractivity contribution in [3.05, 3.63) is 0 Å². The monoisotopic (exact) mass is 302 g/mol. The molecule has 0 aliphatic rings. The van der Waals surface area contributed by atoms with Crippen LogP contribution in [-0.4, -0.2) is 37.5 Å². The minimum absolute atomic E-state index is 0.203. The molecule has 0 spiro atoms. The van der Waals surface area contributed by atoms with Crippen molar-refractivity contribution in [2.75, 3.05) is 13.2 Å². The molecular weight excluding hydrogens is 284 g/mol. The van der Waals surface area contributed by atoms with Gasteiger partial charge in [0.05, 0.1) is 19.4 Å². The molecule has 0 N–H and O–H groups in total. The molecule has 0 unspecified atom stereocenters. The van der Waals surface area contributed by atoms with E-state index in [9.17, 15) is 27.2 Å². The van der Waals surface area contributed by atoms with E-state index in [-0.39, 0.29) is 13.0 Å². The number of esters is 2. The smallest absolute Gasteiger partial charge is 0.340 e. The zero-order valence-corrected chi connectivity index (χ0v) is 11.3. The molecule has 8 heteroatoms. The number of halogens is 4. The van der Waals surface area contributed by atoms with Crippen molar-refractivity contribution in [3.63, 3.8) is 0 Å². The Hall–Kier alpha value is -1.34. The summed E-state index contributed by atoms with van der Waals surface area (Å²) in [5.41, 5.74) is 0. The first-order valence-electron chi connectivity index (χ1n) is 6.12. The molecule has 0 aliphatic heterocycles. The first kappa shape index (κ1) is 18.7. The number of ether oxygens (including phenoxy) is 2. The first-order chi connectivity index (χ1) is 9.15. The van der Waals surface area contributed by atoms with Gasteiger partial charge in [0.15, 0.2) is 6.61 Å². The van der Waals surface area contributed by atoms with E-state index in [0.29, 0.717) is 12.3 Å². The van der Waals surface area contributed by atoms with E-state index >= 15 is 0 Å². The normalized spacial score (nSPS) is 11.8. The van der Waals surface area contributed by atoms with Gasteiger partial charge in [-0.05, 0) is 12.3 Å². The largest absolute Gasteiger partial charge is 0.466 e. The molecule has 0 saturated carbocycles. The summed E-state index contributed by atoms with van der Waals surface area (Å²) in [5, 5.41) is 0. The zero-order valence-electron chi connectivity index (χ0n) is 11.3. The van der Waals surface area contributed by atoms with Crippen LogP contribution in [0.3, 0.4) is 0 Å². The minimum Gasteiger partial charge on any atom is -0.466 e. The van der Waals surface area contributed by atoms with Crippen LogP contribution in [-0.2, 0) is 19.1 Å². The van der Waals surface area contributed by atoms with Gasteiger partial charge < -0.3 is 9.47 Å². The third kappa shape index (κ3) is 8.71. The Labute approximate surface area is 114 Å². The molecule has 118 valence electrons. The predicted molar refractivity (Wildman–Crippen MR) is 61.6 cm³/mol. The molecule has 0 aliphatic carbocycles. The molecule has 0 aromatic rings. The Bertz CT molecular complexity index is 319. The second kappa shape index (κ2) is 8.76. The SMILES string of the molecule is CC(C)CCOC(=O)CCC(=O)OCC(F)(F)C(F)F. The van der Waals surface area contributed by atoms with Crippen LogP contribution >= 0.6 is 0 Å². The van der Waals surface area contributed by atoms with E-state index < -0.39 is 37.3 Å². The summed E-state index contributed by atoms with van der Waals surface area (Å²) in [6.07, 6.45) is -4.07. The summed E-state index contributed by atoms with van der Waals surface area (Å²) in [6.45, 7) is 2.38. The van der Waals surface area contributed by atoms with Gasteiger partial charge in [-0.3, -0.25) is 9.59 Å². The van der Waals surface area contributed by atoms with Crippen molar-refractivity contribution in [2.24, 2.45) is 5.92 Å². The van der Waals surface area contributed by atoms with Crippen LogP contribution in [0.4, 0.5) is 17.6 Å². The van der Waals surface area contributed by atoms with Crippen LogP contribution < -0.4 is 0 Å².